The molecular formula is C41H79N2O6P. The topological polar surface area (TPSA) is 131 Å². The van der Waals surface area contributed by atoms with E-state index in [9.17, 15) is 19.4 Å². The summed E-state index contributed by atoms with van der Waals surface area (Å²) in [5, 5.41) is 13.6. The van der Waals surface area contributed by atoms with E-state index in [0.29, 0.717) is 6.42 Å². The van der Waals surface area contributed by atoms with Crippen LogP contribution >= 0.6 is 7.82 Å². The highest BCUT2D eigenvalue weighted by Crippen LogP contribution is 2.43. The second-order valence-corrected chi connectivity index (χ2v) is 15.3. The fourth-order valence-corrected chi connectivity index (χ4v) is 6.57. The molecule has 50 heavy (non-hydrogen) atoms. The van der Waals surface area contributed by atoms with Crippen LogP contribution in [0.5, 0.6) is 0 Å². The standard InChI is InChI=1S/C41H79N2O6P/c1-3-5-7-9-11-13-15-17-18-19-20-21-23-25-27-29-31-33-35-41(45)43-39(38-49-50(46,47)48-37-36-42)40(44)34-32-30-28-26-24-22-16-14-12-10-8-6-4-2/h12,14,24,26,32,34,39-40,44H,3-11,13,15-23,25,27-31,33,35-38,42H2,1-2H3,(H,43,45)(H,46,47)/b14-12+,26-24+,34-32+. The molecular weight excluding hydrogens is 647 g/mol. The Balaban J connectivity index is 4.26. The number of amides is 1. The highest BCUT2D eigenvalue weighted by molar-refractivity contribution is 7.47. The predicted molar refractivity (Wildman–Crippen MR) is 212 cm³/mol. The van der Waals surface area contributed by atoms with Gasteiger partial charge in [0.15, 0.2) is 0 Å². The maximum absolute atomic E-state index is 12.7. The lowest BCUT2D eigenvalue weighted by molar-refractivity contribution is -0.123. The Labute approximate surface area is 308 Å². The fourth-order valence-electron chi connectivity index (χ4n) is 5.81. The molecule has 0 radical (unpaired) electrons. The summed E-state index contributed by atoms with van der Waals surface area (Å²) >= 11 is 0. The lowest BCUT2D eigenvalue weighted by atomic mass is 10.0. The van der Waals surface area contributed by atoms with Gasteiger partial charge in [-0.15, -0.1) is 0 Å². The third-order valence-electron chi connectivity index (χ3n) is 8.95. The van der Waals surface area contributed by atoms with Gasteiger partial charge < -0.3 is 21.1 Å². The monoisotopic (exact) mass is 727 g/mol. The average Bonchev–Trinajstić information content (AvgIpc) is 3.10. The van der Waals surface area contributed by atoms with Crippen molar-refractivity contribution in [1.82, 2.24) is 5.32 Å². The molecule has 0 aliphatic heterocycles. The van der Waals surface area contributed by atoms with Crippen molar-refractivity contribution in [2.24, 2.45) is 5.73 Å². The van der Waals surface area contributed by atoms with Crippen LogP contribution in [0.3, 0.4) is 0 Å². The number of nitrogens with two attached hydrogens (primary N) is 1. The van der Waals surface area contributed by atoms with Crippen molar-refractivity contribution in [2.75, 3.05) is 19.8 Å². The maximum Gasteiger partial charge on any atom is 0.472 e. The molecule has 0 heterocycles. The van der Waals surface area contributed by atoms with E-state index < -0.39 is 20.0 Å². The van der Waals surface area contributed by atoms with Gasteiger partial charge in [0.2, 0.25) is 5.91 Å². The first-order valence-corrected chi connectivity index (χ1v) is 22.1. The number of carbonyl (C=O) groups excluding carboxylic acids is 1. The van der Waals surface area contributed by atoms with E-state index in [1.54, 1.807) is 6.08 Å². The third-order valence-corrected chi connectivity index (χ3v) is 9.93. The number of phosphoric acid groups is 1. The van der Waals surface area contributed by atoms with Crippen LogP contribution in [0.25, 0.3) is 0 Å². The second-order valence-electron chi connectivity index (χ2n) is 13.8. The SMILES string of the molecule is CCCCC/C=C/CC/C=C/CC/C=C/C(O)C(COP(=O)(O)OCCN)NC(=O)CCCCCCCCCCCCCCCCCCCC. The number of aliphatic hydroxyl groups excluding tert-OH is 1. The average molecular weight is 727 g/mol. The molecule has 8 nitrogen and oxygen atoms in total. The van der Waals surface area contributed by atoms with Crippen molar-refractivity contribution in [2.45, 2.75) is 199 Å². The quantitative estimate of drug-likeness (QED) is 0.0283. The van der Waals surface area contributed by atoms with Crippen molar-refractivity contribution < 1.29 is 28.4 Å². The van der Waals surface area contributed by atoms with E-state index in [0.717, 1.165) is 51.4 Å². The van der Waals surface area contributed by atoms with E-state index in [1.165, 1.54) is 116 Å². The number of rotatable bonds is 38. The molecule has 0 aliphatic rings. The lowest BCUT2D eigenvalue weighted by Gasteiger charge is -2.23. The third kappa shape index (κ3) is 35.1. The summed E-state index contributed by atoms with van der Waals surface area (Å²) in [7, 11) is -4.34. The molecule has 0 saturated carbocycles. The normalized spacial score (nSPS) is 14.6. The predicted octanol–water partition coefficient (Wildman–Crippen LogP) is 11.2. The van der Waals surface area contributed by atoms with E-state index in [1.807, 2.05) is 6.08 Å². The molecule has 0 rings (SSSR count). The van der Waals surface area contributed by atoms with E-state index >= 15 is 0 Å². The van der Waals surface area contributed by atoms with Gasteiger partial charge in [0.1, 0.15) is 0 Å². The van der Waals surface area contributed by atoms with Crippen LogP contribution in [0.1, 0.15) is 187 Å². The van der Waals surface area contributed by atoms with Gasteiger partial charge in [0.05, 0.1) is 25.4 Å². The molecule has 0 aromatic heterocycles. The highest BCUT2D eigenvalue weighted by Gasteiger charge is 2.26. The van der Waals surface area contributed by atoms with Crippen LogP contribution < -0.4 is 11.1 Å². The Kier molecular flexibility index (Phi) is 36.5. The summed E-state index contributed by atoms with van der Waals surface area (Å²) in [4.78, 5) is 22.6. The van der Waals surface area contributed by atoms with Crippen molar-refractivity contribution in [1.29, 1.82) is 0 Å². The molecule has 0 saturated heterocycles. The molecule has 0 aromatic rings. The molecule has 0 aromatic carbocycles. The van der Waals surface area contributed by atoms with Crippen LogP contribution in [0.4, 0.5) is 0 Å². The van der Waals surface area contributed by atoms with E-state index in [4.69, 9.17) is 14.8 Å². The largest absolute Gasteiger partial charge is 0.472 e. The lowest BCUT2D eigenvalue weighted by Crippen LogP contribution is -2.45. The zero-order chi connectivity index (χ0) is 36.8. The van der Waals surface area contributed by atoms with Crippen LogP contribution in [-0.4, -0.2) is 47.8 Å². The van der Waals surface area contributed by atoms with Gasteiger partial charge in [0.25, 0.3) is 0 Å². The summed E-state index contributed by atoms with van der Waals surface area (Å²) in [6, 6.07) is -0.879. The van der Waals surface area contributed by atoms with Crippen molar-refractivity contribution >= 4 is 13.7 Å². The molecule has 0 bridgehead atoms. The second kappa shape index (κ2) is 37.5. The summed E-state index contributed by atoms with van der Waals surface area (Å²) < 4.78 is 22.0. The number of hydrogen-bond donors (Lipinski definition) is 4. The molecule has 3 atom stereocenters. The maximum atomic E-state index is 12.7. The van der Waals surface area contributed by atoms with Gasteiger partial charge in [-0.2, -0.15) is 0 Å². The van der Waals surface area contributed by atoms with Crippen LogP contribution in [-0.2, 0) is 18.4 Å². The Bertz CT molecular complexity index is 881. The molecule has 9 heteroatoms. The van der Waals surface area contributed by atoms with Gasteiger partial charge >= 0.3 is 7.82 Å². The van der Waals surface area contributed by atoms with Crippen molar-refractivity contribution in [3.05, 3.63) is 36.5 Å². The first-order chi connectivity index (χ1) is 24.4. The number of carbonyl (C=O) groups is 1. The Hall–Kier alpha value is -1.28. The minimum Gasteiger partial charge on any atom is -0.387 e. The van der Waals surface area contributed by atoms with Gasteiger partial charge in [-0.1, -0.05) is 172 Å². The molecule has 0 spiro atoms. The number of phosphoric ester groups is 1. The number of nitrogens with one attached hydrogen (secondary N) is 1. The van der Waals surface area contributed by atoms with E-state index in [-0.39, 0.29) is 25.7 Å². The van der Waals surface area contributed by atoms with Gasteiger partial charge in [-0.25, -0.2) is 4.57 Å². The number of hydrogen-bond acceptors (Lipinski definition) is 6. The number of allylic oxidation sites excluding steroid dienone is 5. The zero-order valence-corrected chi connectivity index (χ0v) is 33.3. The summed E-state index contributed by atoms with van der Waals surface area (Å²) in [5.74, 6) is -0.208. The van der Waals surface area contributed by atoms with Gasteiger partial charge in [0, 0.05) is 13.0 Å². The fraction of sp³-hybridized carbons (Fsp3) is 0.829. The van der Waals surface area contributed by atoms with Crippen LogP contribution in [0.15, 0.2) is 36.5 Å². The minimum absolute atomic E-state index is 0.0725. The summed E-state index contributed by atoms with van der Waals surface area (Å²) in [6.07, 6.45) is 43.4. The first kappa shape index (κ1) is 48.7. The minimum atomic E-state index is -4.34. The number of unbranched alkanes of at least 4 members (excludes halogenated alkanes) is 22. The molecule has 294 valence electrons. The Morgan fingerprint density at radius 1 is 0.640 bits per heavy atom. The van der Waals surface area contributed by atoms with Gasteiger partial charge in [-0.3, -0.25) is 13.8 Å². The Morgan fingerprint density at radius 2 is 1.06 bits per heavy atom. The zero-order valence-electron chi connectivity index (χ0n) is 32.4. The van der Waals surface area contributed by atoms with Crippen molar-refractivity contribution in [3.8, 4) is 0 Å². The molecule has 3 unspecified atom stereocenters. The van der Waals surface area contributed by atoms with Crippen LogP contribution in [0, 0.1) is 0 Å². The smallest absolute Gasteiger partial charge is 0.387 e. The molecule has 0 fully saturated rings. The molecule has 5 N–H and O–H groups in total. The Morgan fingerprint density at radius 3 is 1.54 bits per heavy atom. The molecule has 1 amide bonds. The summed E-state index contributed by atoms with van der Waals surface area (Å²) in [6.45, 7) is 4.07. The van der Waals surface area contributed by atoms with Crippen LogP contribution in [0.2, 0.25) is 0 Å². The highest BCUT2D eigenvalue weighted by atomic mass is 31.2. The van der Waals surface area contributed by atoms with Crippen molar-refractivity contribution in [3.63, 3.8) is 0 Å². The van der Waals surface area contributed by atoms with Gasteiger partial charge in [-0.05, 0) is 44.9 Å². The summed E-state index contributed by atoms with van der Waals surface area (Å²) in [5.41, 5.74) is 5.36. The molecule has 0 aliphatic carbocycles. The first-order valence-electron chi connectivity index (χ1n) is 20.6. The van der Waals surface area contributed by atoms with E-state index in [2.05, 4.69) is 43.5 Å². The number of aliphatic hydroxyl groups is 1.